The Kier molecular flexibility index (Phi) is 5.80. The van der Waals surface area contributed by atoms with Crippen LogP contribution in [0.5, 0.6) is 5.75 Å². The Labute approximate surface area is 146 Å². The van der Waals surface area contributed by atoms with E-state index >= 15 is 0 Å². The Morgan fingerprint density at radius 3 is 3.22 bits per heavy atom. The zero-order valence-corrected chi connectivity index (χ0v) is 15.0. The molecule has 23 heavy (non-hydrogen) atoms. The van der Waals surface area contributed by atoms with Crippen molar-refractivity contribution in [2.75, 3.05) is 23.9 Å². The number of rotatable bonds is 8. The van der Waals surface area contributed by atoms with E-state index in [-0.39, 0.29) is 0 Å². The fourth-order valence-electron chi connectivity index (χ4n) is 2.06. The second-order valence-electron chi connectivity index (χ2n) is 4.63. The van der Waals surface area contributed by atoms with Crippen molar-refractivity contribution in [2.24, 2.45) is 4.99 Å². The fraction of sp³-hybridized carbons (Fsp3) is 0.400. The van der Waals surface area contributed by atoms with Crippen LogP contribution in [0.15, 0.2) is 23.2 Å². The summed E-state index contributed by atoms with van der Waals surface area (Å²) in [5.41, 5.74) is 0.934. The van der Waals surface area contributed by atoms with Crippen molar-refractivity contribution in [3.05, 3.63) is 23.2 Å². The van der Waals surface area contributed by atoms with E-state index in [4.69, 9.17) is 9.47 Å². The normalized spacial score (nSPS) is 17.3. The Hall–Kier alpha value is -1.25. The van der Waals surface area contributed by atoms with Gasteiger partial charge >= 0.3 is 0 Å². The molecule has 2 heterocycles. The van der Waals surface area contributed by atoms with E-state index in [1.54, 1.807) is 23.1 Å². The molecule has 1 aliphatic heterocycles. The molecule has 0 bridgehead atoms. The summed E-state index contributed by atoms with van der Waals surface area (Å²) < 4.78 is 11.7. The first-order valence-electron chi connectivity index (χ1n) is 7.21. The molecule has 1 aromatic heterocycles. The zero-order valence-electron chi connectivity index (χ0n) is 12.6. The summed E-state index contributed by atoms with van der Waals surface area (Å²) >= 11 is 5.01. The monoisotopic (exact) mass is 368 g/mol. The van der Waals surface area contributed by atoms with Crippen LogP contribution in [0.3, 0.4) is 0 Å². The summed E-state index contributed by atoms with van der Waals surface area (Å²) in [6.45, 7) is 3.30. The minimum atomic E-state index is -0.394. The number of nitrogens with zero attached hydrogens (tertiary/aromatic N) is 2. The minimum absolute atomic E-state index is 0.394. The molecule has 0 fully saturated rings. The maximum absolute atomic E-state index is 10.4. The highest BCUT2D eigenvalue weighted by atomic mass is 32.2. The van der Waals surface area contributed by atoms with E-state index in [0.29, 0.717) is 18.8 Å². The highest BCUT2D eigenvalue weighted by Gasteiger charge is 2.22. The predicted octanol–water partition coefficient (Wildman–Crippen LogP) is 3.42. The molecule has 0 saturated carbocycles. The van der Waals surface area contributed by atoms with Crippen LogP contribution in [0.4, 0.5) is 0 Å². The van der Waals surface area contributed by atoms with Gasteiger partial charge in [0.2, 0.25) is 6.23 Å². The molecule has 1 atom stereocenters. The Morgan fingerprint density at radius 1 is 1.48 bits per heavy atom. The quantitative estimate of drug-likeness (QED) is 0.526. The molecule has 8 heteroatoms. The predicted molar refractivity (Wildman–Crippen MR) is 98.0 cm³/mol. The van der Waals surface area contributed by atoms with E-state index in [9.17, 15) is 4.79 Å². The summed E-state index contributed by atoms with van der Waals surface area (Å²) in [5.74, 6) is 3.61. The lowest BCUT2D eigenvalue weighted by Crippen LogP contribution is -2.07. The van der Waals surface area contributed by atoms with Crippen molar-refractivity contribution in [1.29, 1.82) is 0 Å². The molecule has 2 aromatic rings. The molecule has 0 saturated heterocycles. The molecular weight excluding hydrogens is 352 g/mol. The van der Waals surface area contributed by atoms with Gasteiger partial charge in [-0.15, -0.1) is 11.3 Å². The molecule has 1 unspecified atom stereocenters. The van der Waals surface area contributed by atoms with Gasteiger partial charge in [-0.25, -0.2) is 9.98 Å². The smallest absolute Gasteiger partial charge is 0.295 e. The second-order valence-corrected chi connectivity index (χ2v) is 8.06. The number of thiazole rings is 1. The molecule has 122 valence electrons. The molecule has 0 aliphatic carbocycles. The fourth-order valence-corrected chi connectivity index (χ4v) is 4.55. The van der Waals surface area contributed by atoms with E-state index in [1.807, 2.05) is 30.0 Å². The van der Waals surface area contributed by atoms with Gasteiger partial charge in [-0.3, -0.25) is 4.79 Å². The molecule has 3 rings (SSSR count). The number of aromatic nitrogens is 1. The van der Waals surface area contributed by atoms with Crippen LogP contribution in [-0.4, -0.2) is 46.6 Å². The lowest BCUT2D eigenvalue weighted by atomic mass is 10.3. The number of thioether (sulfide) groups is 2. The van der Waals surface area contributed by atoms with Crippen LogP contribution in [0.2, 0.25) is 0 Å². The topological polar surface area (TPSA) is 60.8 Å². The number of ether oxygens (including phenoxy) is 2. The molecule has 0 amide bonds. The highest BCUT2D eigenvalue weighted by molar-refractivity contribution is 8.15. The van der Waals surface area contributed by atoms with Gasteiger partial charge in [-0.2, -0.15) is 11.8 Å². The first-order valence-corrected chi connectivity index (χ1v) is 10.2. The van der Waals surface area contributed by atoms with Crippen molar-refractivity contribution in [3.63, 3.8) is 0 Å². The standard InChI is InChI=1S/C15H16N2O3S3/c1-2-21-6-5-19-10-3-4-11-12(7-10)23-15(16-11)14-17-13(8-22-14)20-9-18/h3-4,7,9,13H,2,5-6,8H2,1H3. The van der Waals surface area contributed by atoms with Gasteiger partial charge in [0.15, 0.2) is 0 Å². The minimum Gasteiger partial charge on any atom is -0.493 e. The van der Waals surface area contributed by atoms with Crippen molar-refractivity contribution in [2.45, 2.75) is 13.2 Å². The van der Waals surface area contributed by atoms with Crippen molar-refractivity contribution < 1.29 is 14.3 Å². The second kappa shape index (κ2) is 8.03. The summed E-state index contributed by atoms with van der Waals surface area (Å²) in [7, 11) is 0. The van der Waals surface area contributed by atoms with E-state index < -0.39 is 6.23 Å². The van der Waals surface area contributed by atoms with Crippen molar-refractivity contribution in [1.82, 2.24) is 4.98 Å². The number of benzene rings is 1. The number of hydrogen-bond donors (Lipinski definition) is 0. The van der Waals surface area contributed by atoms with Crippen LogP contribution in [0, 0.1) is 0 Å². The molecule has 0 spiro atoms. The molecule has 0 radical (unpaired) electrons. The van der Waals surface area contributed by atoms with Gasteiger partial charge < -0.3 is 9.47 Å². The third-order valence-corrected chi connectivity index (χ3v) is 6.12. The first-order chi connectivity index (χ1) is 11.3. The maximum atomic E-state index is 10.4. The number of hydrogen-bond acceptors (Lipinski definition) is 8. The van der Waals surface area contributed by atoms with Crippen molar-refractivity contribution in [3.8, 4) is 5.75 Å². The van der Waals surface area contributed by atoms with Gasteiger partial charge in [0.1, 0.15) is 15.8 Å². The van der Waals surface area contributed by atoms with Crippen LogP contribution in [0.25, 0.3) is 10.2 Å². The van der Waals surface area contributed by atoms with Gasteiger partial charge in [0, 0.05) is 5.75 Å². The third kappa shape index (κ3) is 4.19. The molecule has 0 N–H and O–H groups in total. The Bertz CT molecular complexity index is 717. The molecule has 1 aromatic carbocycles. The molecule has 5 nitrogen and oxygen atoms in total. The summed E-state index contributed by atoms with van der Waals surface area (Å²) in [4.78, 5) is 19.4. The zero-order chi connectivity index (χ0) is 16.1. The first kappa shape index (κ1) is 16.6. The Balaban J connectivity index is 1.72. The average Bonchev–Trinajstić information content (AvgIpc) is 3.18. The summed E-state index contributed by atoms with van der Waals surface area (Å²) in [6.07, 6.45) is -0.394. The van der Waals surface area contributed by atoms with Crippen molar-refractivity contribution >= 4 is 56.6 Å². The largest absolute Gasteiger partial charge is 0.493 e. The average molecular weight is 369 g/mol. The van der Waals surface area contributed by atoms with Crippen LogP contribution >= 0.6 is 34.9 Å². The molecule has 1 aliphatic rings. The van der Waals surface area contributed by atoms with Crippen LogP contribution in [0.1, 0.15) is 11.9 Å². The number of aliphatic imine (C=N–C) groups is 1. The van der Waals surface area contributed by atoms with E-state index in [0.717, 1.165) is 37.5 Å². The van der Waals surface area contributed by atoms with Gasteiger partial charge in [-0.1, -0.05) is 18.7 Å². The highest BCUT2D eigenvalue weighted by Crippen LogP contribution is 2.31. The molecular formula is C15H16N2O3S3. The Morgan fingerprint density at radius 2 is 2.39 bits per heavy atom. The van der Waals surface area contributed by atoms with Crippen LogP contribution in [-0.2, 0) is 9.53 Å². The van der Waals surface area contributed by atoms with Gasteiger partial charge in [0.25, 0.3) is 6.47 Å². The number of fused-ring (bicyclic) bond motifs is 1. The van der Waals surface area contributed by atoms with Gasteiger partial charge in [0.05, 0.1) is 22.6 Å². The van der Waals surface area contributed by atoms with E-state index in [2.05, 4.69) is 16.9 Å². The van der Waals surface area contributed by atoms with E-state index in [1.165, 1.54) is 0 Å². The maximum Gasteiger partial charge on any atom is 0.295 e. The van der Waals surface area contributed by atoms with Crippen LogP contribution < -0.4 is 4.74 Å². The summed E-state index contributed by atoms with van der Waals surface area (Å²) in [6, 6.07) is 5.94. The number of carbonyl (C=O) groups is 1. The lowest BCUT2D eigenvalue weighted by molar-refractivity contribution is -0.132. The third-order valence-electron chi connectivity index (χ3n) is 3.08. The summed E-state index contributed by atoms with van der Waals surface area (Å²) in [5, 5.41) is 1.69. The number of carbonyl (C=O) groups excluding carboxylic acids is 1. The van der Waals surface area contributed by atoms with Gasteiger partial charge in [-0.05, 0) is 24.0 Å². The lowest BCUT2D eigenvalue weighted by Gasteiger charge is -2.04. The SMILES string of the molecule is CCSCCOc1ccc2nc(C3=NC(OC=O)CS3)sc2c1.